The summed E-state index contributed by atoms with van der Waals surface area (Å²) in [4.78, 5) is 0. The van der Waals surface area contributed by atoms with E-state index in [1.165, 1.54) is 0 Å². The molecule has 1 N–H and O–H groups in total. The molecule has 1 atom stereocenters. The van der Waals surface area contributed by atoms with E-state index in [2.05, 4.69) is 0 Å². The van der Waals surface area contributed by atoms with Crippen molar-refractivity contribution in [3.63, 3.8) is 0 Å². The number of aliphatic hydroxyl groups excluding tert-OH is 1. The second kappa shape index (κ2) is 3.59. The van der Waals surface area contributed by atoms with Crippen LogP contribution >= 0.6 is 0 Å². The Bertz CT molecular complexity index is 280. The lowest BCUT2D eigenvalue weighted by molar-refractivity contribution is 0.195. The maximum absolute atomic E-state index is 9.59. The Kier molecular flexibility index (Phi) is 2.71. The highest BCUT2D eigenvalue weighted by Crippen LogP contribution is 2.20. The van der Waals surface area contributed by atoms with Crippen molar-refractivity contribution in [1.29, 1.82) is 0 Å². The molecule has 1 aromatic heterocycles. The first-order valence-electron chi connectivity index (χ1n) is 3.98. The van der Waals surface area contributed by atoms with Crippen molar-refractivity contribution in [2.75, 3.05) is 0 Å². The van der Waals surface area contributed by atoms with Gasteiger partial charge >= 0.3 is 0 Å². The van der Waals surface area contributed by atoms with E-state index in [0.29, 0.717) is 5.76 Å². The van der Waals surface area contributed by atoms with Crippen LogP contribution in [0.4, 0.5) is 0 Å². The maximum atomic E-state index is 9.59. The Hall–Kier alpha value is -1.02. The zero-order valence-corrected chi connectivity index (χ0v) is 7.66. The van der Waals surface area contributed by atoms with Crippen LogP contribution in [0.5, 0.6) is 0 Å². The van der Waals surface area contributed by atoms with Gasteiger partial charge in [-0.15, -0.1) is 0 Å². The molecule has 0 amide bonds. The Morgan fingerprint density at radius 1 is 1.58 bits per heavy atom. The van der Waals surface area contributed by atoms with E-state index in [1.54, 1.807) is 12.3 Å². The van der Waals surface area contributed by atoms with Gasteiger partial charge in [0.25, 0.3) is 0 Å². The highest BCUT2D eigenvalue weighted by Gasteiger charge is 2.09. The molecule has 0 saturated carbocycles. The monoisotopic (exact) mass is 166 g/mol. The molecule has 0 saturated heterocycles. The van der Waals surface area contributed by atoms with Crippen LogP contribution < -0.4 is 0 Å². The number of furan rings is 1. The van der Waals surface area contributed by atoms with Crippen LogP contribution in [0.1, 0.15) is 31.3 Å². The van der Waals surface area contributed by atoms with Gasteiger partial charge < -0.3 is 9.52 Å². The van der Waals surface area contributed by atoms with E-state index < -0.39 is 6.10 Å². The molecule has 1 heterocycles. The van der Waals surface area contributed by atoms with Gasteiger partial charge in [0.05, 0.1) is 6.26 Å². The van der Waals surface area contributed by atoms with Crippen LogP contribution in [0.15, 0.2) is 28.4 Å². The number of hydrogen-bond donors (Lipinski definition) is 1. The SMILES string of the molecule is CC(C)=CC(O)c1occc1C. The first-order valence-corrected chi connectivity index (χ1v) is 3.98. The second-order valence-corrected chi connectivity index (χ2v) is 3.16. The quantitative estimate of drug-likeness (QED) is 0.685. The molecule has 2 nitrogen and oxygen atoms in total. The largest absolute Gasteiger partial charge is 0.466 e. The molecule has 0 radical (unpaired) electrons. The minimum Gasteiger partial charge on any atom is -0.466 e. The first kappa shape index (κ1) is 9.07. The topological polar surface area (TPSA) is 33.4 Å². The molecule has 2 heteroatoms. The summed E-state index contributed by atoms with van der Waals surface area (Å²) in [6, 6.07) is 1.84. The van der Waals surface area contributed by atoms with Crippen molar-refractivity contribution in [2.24, 2.45) is 0 Å². The third kappa shape index (κ3) is 1.98. The molecular formula is C10H14O2. The molecule has 1 unspecified atom stereocenters. The molecule has 0 aromatic carbocycles. The van der Waals surface area contributed by atoms with Crippen LogP contribution in [0, 0.1) is 6.92 Å². The molecule has 0 fully saturated rings. The molecule has 0 spiro atoms. The predicted molar refractivity (Wildman–Crippen MR) is 47.8 cm³/mol. The number of allylic oxidation sites excluding steroid dienone is 1. The Labute approximate surface area is 72.5 Å². The number of aliphatic hydroxyl groups is 1. The molecule has 1 rings (SSSR count). The summed E-state index contributed by atoms with van der Waals surface area (Å²) in [6.07, 6.45) is 2.75. The highest BCUT2D eigenvalue weighted by atomic mass is 16.4. The highest BCUT2D eigenvalue weighted by molar-refractivity contribution is 5.21. The van der Waals surface area contributed by atoms with Gasteiger partial charge in [-0.2, -0.15) is 0 Å². The lowest BCUT2D eigenvalue weighted by atomic mass is 10.1. The summed E-state index contributed by atoms with van der Waals surface area (Å²) in [5, 5.41) is 9.59. The van der Waals surface area contributed by atoms with Gasteiger partial charge in [0.1, 0.15) is 11.9 Å². The third-order valence-corrected chi connectivity index (χ3v) is 1.66. The predicted octanol–water partition coefficient (Wildman–Crippen LogP) is 2.59. The number of rotatable bonds is 2. The smallest absolute Gasteiger partial charge is 0.139 e. The molecular weight excluding hydrogens is 152 g/mol. The summed E-state index contributed by atoms with van der Waals surface area (Å²) in [6.45, 7) is 5.81. The van der Waals surface area contributed by atoms with Crippen molar-refractivity contribution in [3.05, 3.63) is 35.3 Å². The van der Waals surface area contributed by atoms with Crippen molar-refractivity contribution in [3.8, 4) is 0 Å². The van der Waals surface area contributed by atoms with Gasteiger partial charge in [0.15, 0.2) is 0 Å². The van der Waals surface area contributed by atoms with Crippen molar-refractivity contribution >= 4 is 0 Å². The molecule has 0 aliphatic rings. The fourth-order valence-electron chi connectivity index (χ4n) is 1.08. The van der Waals surface area contributed by atoms with Crippen molar-refractivity contribution in [2.45, 2.75) is 26.9 Å². The van der Waals surface area contributed by atoms with E-state index in [-0.39, 0.29) is 0 Å². The molecule has 0 bridgehead atoms. The summed E-state index contributed by atoms with van der Waals surface area (Å²) in [7, 11) is 0. The lowest BCUT2D eigenvalue weighted by Crippen LogP contribution is -1.93. The van der Waals surface area contributed by atoms with Crippen LogP contribution in [-0.2, 0) is 0 Å². The van der Waals surface area contributed by atoms with Crippen molar-refractivity contribution < 1.29 is 9.52 Å². The number of aryl methyl sites for hydroxylation is 1. The van der Waals surface area contributed by atoms with E-state index in [9.17, 15) is 5.11 Å². The van der Waals surface area contributed by atoms with E-state index in [1.807, 2.05) is 26.8 Å². The Balaban J connectivity index is 2.85. The Morgan fingerprint density at radius 2 is 2.25 bits per heavy atom. The van der Waals surface area contributed by atoms with Gasteiger partial charge in [-0.1, -0.05) is 5.57 Å². The van der Waals surface area contributed by atoms with E-state index >= 15 is 0 Å². The van der Waals surface area contributed by atoms with Gasteiger partial charge in [0.2, 0.25) is 0 Å². The standard InChI is InChI=1S/C10H14O2/c1-7(2)6-9(11)10-8(3)4-5-12-10/h4-6,9,11H,1-3H3. The van der Waals surface area contributed by atoms with Crippen LogP contribution in [0.3, 0.4) is 0 Å². The van der Waals surface area contributed by atoms with Crippen LogP contribution in [0.25, 0.3) is 0 Å². The molecule has 0 aliphatic carbocycles. The zero-order chi connectivity index (χ0) is 9.14. The summed E-state index contributed by atoms with van der Waals surface area (Å²) in [5.41, 5.74) is 2.07. The number of hydrogen-bond acceptors (Lipinski definition) is 2. The fourth-order valence-corrected chi connectivity index (χ4v) is 1.08. The summed E-state index contributed by atoms with van der Waals surface area (Å²) >= 11 is 0. The normalized spacial score (nSPS) is 12.7. The average molecular weight is 166 g/mol. The molecule has 0 aliphatic heterocycles. The van der Waals surface area contributed by atoms with Crippen molar-refractivity contribution in [1.82, 2.24) is 0 Å². The van der Waals surface area contributed by atoms with Gasteiger partial charge in [-0.3, -0.25) is 0 Å². The van der Waals surface area contributed by atoms with Crippen LogP contribution in [-0.4, -0.2) is 5.11 Å². The minimum atomic E-state index is -0.606. The fraction of sp³-hybridized carbons (Fsp3) is 0.400. The zero-order valence-electron chi connectivity index (χ0n) is 7.66. The summed E-state index contributed by atoms with van der Waals surface area (Å²) in [5.74, 6) is 0.635. The minimum absolute atomic E-state index is 0.606. The molecule has 66 valence electrons. The van der Waals surface area contributed by atoms with E-state index in [4.69, 9.17) is 4.42 Å². The Morgan fingerprint density at radius 3 is 2.67 bits per heavy atom. The van der Waals surface area contributed by atoms with Gasteiger partial charge in [-0.05, 0) is 38.5 Å². The maximum Gasteiger partial charge on any atom is 0.139 e. The molecule has 12 heavy (non-hydrogen) atoms. The second-order valence-electron chi connectivity index (χ2n) is 3.16. The lowest BCUT2D eigenvalue weighted by Gasteiger charge is -2.03. The van der Waals surface area contributed by atoms with E-state index in [0.717, 1.165) is 11.1 Å². The molecule has 1 aromatic rings. The first-order chi connectivity index (χ1) is 5.61. The average Bonchev–Trinajstić information content (AvgIpc) is 2.33. The van der Waals surface area contributed by atoms with Gasteiger partial charge in [-0.25, -0.2) is 0 Å². The third-order valence-electron chi connectivity index (χ3n) is 1.66. The van der Waals surface area contributed by atoms with Crippen LogP contribution in [0.2, 0.25) is 0 Å². The summed E-state index contributed by atoms with van der Waals surface area (Å²) < 4.78 is 5.13. The van der Waals surface area contributed by atoms with Gasteiger partial charge in [0, 0.05) is 0 Å².